The molecule has 0 saturated heterocycles. The van der Waals surface area contributed by atoms with Gasteiger partial charge in [-0.05, 0) is 72.4 Å². The van der Waals surface area contributed by atoms with Gasteiger partial charge in [-0.15, -0.1) is 0 Å². The SMILES string of the molecule is COc1nc(C2=CC(C(F)(F)F)N(C)N2CC(C)(C)NC(=O)[C@@H](Cc2cnn(C)c2)N2CCc3c(-c4ccc(-c5cnc6nn(C)cc6c5)cc4C#N)ccc(F)c3C2=O)ns1. The van der Waals surface area contributed by atoms with Crippen LogP contribution in [-0.2, 0) is 31.7 Å². The number of alkyl halides is 3. The van der Waals surface area contributed by atoms with Crippen LogP contribution in [0.25, 0.3) is 39.0 Å². The van der Waals surface area contributed by atoms with Crippen LogP contribution >= 0.6 is 11.5 Å². The fraction of sp³-hybridized carbons (Fsp3) is 0.333. The number of aromatic nitrogens is 7. The number of aryl methyl sites for hydroxylation is 2. The summed E-state index contributed by atoms with van der Waals surface area (Å²) in [4.78, 5) is 39.1. The first-order valence-electron chi connectivity index (χ1n) is 19.4. The minimum Gasteiger partial charge on any atom is -0.472 e. The third kappa shape index (κ3) is 7.96. The first-order chi connectivity index (χ1) is 29.4. The van der Waals surface area contributed by atoms with E-state index < -0.39 is 41.4 Å². The molecule has 320 valence electrons. The van der Waals surface area contributed by atoms with Gasteiger partial charge in [-0.3, -0.25) is 24.0 Å². The Labute approximate surface area is 357 Å². The molecule has 0 aliphatic carbocycles. The second-order valence-electron chi connectivity index (χ2n) is 15.9. The number of nitrogens with one attached hydrogen (secondary N) is 1. The largest absolute Gasteiger partial charge is 0.472 e. The van der Waals surface area contributed by atoms with Crippen LogP contribution < -0.4 is 10.1 Å². The Hall–Kier alpha value is -6.72. The number of methoxy groups -OCH3 is 1. The highest BCUT2D eigenvalue weighted by atomic mass is 32.1. The maximum atomic E-state index is 16.0. The minimum atomic E-state index is -4.63. The quantitative estimate of drug-likeness (QED) is 0.163. The third-order valence-corrected chi connectivity index (χ3v) is 11.7. The normalized spacial score (nSPS) is 16.4. The Bertz CT molecular complexity index is 2810. The molecule has 0 saturated carbocycles. The molecule has 6 aromatic rings. The number of carbonyl (C=O) groups is 2. The summed E-state index contributed by atoms with van der Waals surface area (Å²) in [5.74, 6) is -2.09. The molecule has 15 nitrogen and oxygen atoms in total. The maximum absolute atomic E-state index is 16.0. The lowest BCUT2D eigenvalue weighted by Crippen LogP contribution is -2.60. The molecule has 1 unspecified atom stereocenters. The van der Waals surface area contributed by atoms with E-state index in [1.807, 2.05) is 18.3 Å². The van der Waals surface area contributed by atoms with Crippen LogP contribution in [0.1, 0.15) is 46.7 Å². The molecule has 1 N–H and O–H groups in total. The zero-order valence-corrected chi connectivity index (χ0v) is 35.2. The second-order valence-corrected chi connectivity index (χ2v) is 16.6. The molecule has 0 fully saturated rings. The monoisotopic (exact) mass is 868 g/mol. The van der Waals surface area contributed by atoms with Crippen molar-refractivity contribution in [1.29, 1.82) is 5.26 Å². The molecule has 2 amide bonds. The van der Waals surface area contributed by atoms with Gasteiger partial charge in [-0.1, -0.05) is 18.2 Å². The van der Waals surface area contributed by atoms with Crippen molar-refractivity contribution in [3.05, 3.63) is 101 Å². The van der Waals surface area contributed by atoms with Crippen LogP contribution in [0, 0.1) is 17.1 Å². The smallest absolute Gasteiger partial charge is 0.409 e. The van der Waals surface area contributed by atoms with Crippen molar-refractivity contribution in [1.82, 2.24) is 54.1 Å². The van der Waals surface area contributed by atoms with E-state index >= 15 is 4.39 Å². The van der Waals surface area contributed by atoms with Gasteiger partial charge in [-0.25, -0.2) is 14.4 Å². The van der Waals surface area contributed by atoms with E-state index in [1.165, 1.54) is 30.1 Å². The fourth-order valence-electron chi connectivity index (χ4n) is 8.11. The van der Waals surface area contributed by atoms with Crippen LogP contribution in [0.15, 0.2) is 67.3 Å². The van der Waals surface area contributed by atoms with Crippen LogP contribution in [0.4, 0.5) is 17.6 Å². The number of hydrogen-bond acceptors (Lipinski definition) is 12. The minimum absolute atomic E-state index is 0.00528. The van der Waals surface area contributed by atoms with Crippen molar-refractivity contribution in [3.63, 3.8) is 0 Å². The van der Waals surface area contributed by atoms with Gasteiger partial charge in [0.2, 0.25) is 5.91 Å². The summed E-state index contributed by atoms with van der Waals surface area (Å²) < 4.78 is 71.2. The van der Waals surface area contributed by atoms with E-state index in [0.29, 0.717) is 33.5 Å². The molecule has 4 aromatic heterocycles. The summed E-state index contributed by atoms with van der Waals surface area (Å²) in [7, 11) is 6.17. The summed E-state index contributed by atoms with van der Waals surface area (Å²) >= 11 is 0.887. The number of benzene rings is 2. The van der Waals surface area contributed by atoms with Crippen molar-refractivity contribution in [2.45, 2.75) is 50.5 Å². The first kappa shape index (κ1) is 42.0. The number of pyridine rings is 1. The Morgan fingerprint density at radius 2 is 1.84 bits per heavy atom. The van der Waals surface area contributed by atoms with Gasteiger partial charge in [0, 0.05) is 75.2 Å². The lowest BCUT2D eigenvalue weighted by atomic mass is 9.86. The Kier molecular flexibility index (Phi) is 10.8. The molecule has 62 heavy (non-hydrogen) atoms. The van der Waals surface area contributed by atoms with Crippen LogP contribution in [0.5, 0.6) is 5.19 Å². The highest BCUT2D eigenvalue weighted by Gasteiger charge is 2.49. The fourth-order valence-corrected chi connectivity index (χ4v) is 8.61. The Morgan fingerprint density at radius 3 is 2.53 bits per heavy atom. The number of halogens is 4. The predicted octanol–water partition coefficient (Wildman–Crippen LogP) is 5.55. The number of rotatable bonds is 11. The van der Waals surface area contributed by atoms with E-state index in [4.69, 9.17) is 4.74 Å². The molecule has 6 heterocycles. The van der Waals surface area contributed by atoms with Crippen LogP contribution in [0.2, 0.25) is 0 Å². The average Bonchev–Trinajstić information content (AvgIpc) is 4.02. The van der Waals surface area contributed by atoms with Gasteiger partial charge >= 0.3 is 6.18 Å². The van der Waals surface area contributed by atoms with Crippen molar-refractivity contribution in [2.75, 3.05) is 27.2 Å². The number of nitrogens with zero attached hydrogens (tertiary/aromatic N) is 11. The molecule has 2 aliphatic heterocycles. The number of hydrazine groups is 1. The molecule has 20 heteroatoms. The number of hydrogen-bond donors (Lipinski definition) is 1. The topological polar surface area (TPSA) is 163 Å². The molecule has 0 radical (unpaired) electrons. The van der Waals surface area contributed by atoms with Gasteiger partial charge in [0.25, 0.3) is 11.1 Å². The van der Waals surface area contributed by atoms with E-state index in [2.05, 4.69) is 35.9 Å². The van der Waals surface area contributed by atoms with Crippen LogP contribution in [0.3, 0.4) is 0 Å². The molecule has 2 aromatic carbocycles. The van der Waals surface area contributed by atoms with E-state index in [-0.39, 0.29) is 48.2 Å². The molecule has 2 aliphatic rings. The zero-order valence-electron chi connectivity index (χ0n) is 34.4. The van der Waals surface area contributed by atoms with Crippen molar-refractivity contribution < 1.29 is 31.9 Å². The number of carbonyl (C=O) groups excluding carboxylic acids is 2. The number of fused-ring (bicyclic) bond motifs is 2. The number of likely N-dealkylation sites (N-methyl/N-ethyl adjacent to an activating group) is 1. The molecule has 0 bridgehead atoms. The molecule has 2 atom stereocenters. The molecular weight excluding hydrogens is 829 g/mol. The molecule has 8 rings (SSSR count). The number of amides is 2. The standard InChI is InChI=1S/C42H40F4N12O3S/c1-41(2,22-58-32(37-50-40(61-6)62-53-37)16-34(56(58)5)42(44,45)46)51-38(59)33(13-23-18-49-54(3)20-23)57-12-11-30-29(9-10-31(43)35(30)39(57)60)28-8-7-24(14-25(28)17-47)26-15-27-21-55(4)52-36(27)48-19-26/h7-10,14-16,18-21,33-34H,11-13,22H2,1-6H3,(H,51,59)/t33-,34?/m1/s1. The lowest BCUT2D eigenvalue weighted by Gasteiger charge is -2.40. The summed E-state index contributed by atoms with van der Waals surface area (Å²) in [6.07, 6.45) is 3.33. The third-order valence-electron chi connectivity index (χ3n) is 11.0. The van der Waals surface area contributed by atoms with Crippen molar-refractivity contribution in [2.24, 2.45) is 14.1 Å². The summed E-state index contributed by atoms with van der Waals surface area (Å²) in [6, 6.07) is 9.08. The average molecular weight is 869 g/mol. The Morgan fingerprint density at radius 1 is 1.06 bits per heavy atom. The maximum Gasteiger partial charge on any atom is 0.409 e. The van der Waals surface area contributed by atoms with Crippen molar-refractivity contribution in [3.8, 4) is 33.5 Å². The molecule has 0 spiro atoms. The molecular formula is C42H40F4N12O3S. The van der Waals surface area contributed by atoms with Gasteiger partial charge in [-0.2, -0.15) is 38.0 Å². The summed E-state index contributed by atoms with van der Waals surface area (Å²) in [5.41, 5.74) is 3.09. The summed E-state index contributed by atoms with van der Waals surface area (Å²) in [5, 5.41) is 25.2. The van der Waals surface area contributed by atoms with Gasteiger partial charge < -0.3 is 15.0 Å². The van der Waals surface area contributed by atoms with E-state index in [0.717, 1.165) is 39.1 Å². The van der Waals surface area contributed by atoms with Gasteiger partial charge in [0.15, 0.2) is 11.5 Å². The highest BCUT2D eigenvalue weighted by molar-refractivity contribution is 7.07. The Balaban J connectivity index is 1.09. The number of ether oxygens (including phenoxy) is 1. The number of nitriles is 1. The van der Waals surface area contributed by atoms with Gasteiger partial charge in [0.1, 0.15) is 17.9 Å². The van der Waals surface area contributed by atoms with Crippen molar-refractivity contribution >= 4 is 40.1 Å². The van der Waals surface area contributed by atoms with Gasteiger partial charge in [0.05, 0.1) is 48.3 Å². The predicted molar refractivity (Wildman–Crippen MR) is 220 cm³/mol. The highest BCUT2D eigenvalue weighted by Crippen LogP contribution is 2.39. The van der Waals surface area contributed by atoms with E-state index in [9.17, 15) is 28.0 Å². The summed E-state index contributed by atoms with van der Waals surface area (Å²) in [6.45, 7) is 3.17. The zero-order chi connectivity index (χ0) is 44.2. The van der Waals surface area contributed by atoms with E-state index in [1.54, 1.807) is 74.1 Å². The first-order valence-corrected chi connectivity index (χ1v) is 20.1. The van der Waals surface area contributed by atoms with Crippen LogP contribution in [-0.4, -0.2) is 112 Å². The second kappa shape index (κ2) is 16.0. The lowest BCUT2D eigenvalue weighted by molar-refractivity contribution is -0.187.